The predicted octanol–water partition coefficient (Wildman–Crippen LogP) is 2.57. The molecule has 0 aliphatic carbocycles. The van der Waals surface area contributed by atoms with Crippen molar-refractivity contribution in [2.45, 2.75) is 31.3 Å². The maximum atomic E-state index is 12.6. The highest BCUT2D eigenvalue weighted by molar-refractivity contribution is 7.92. The molecule has 1 amide bonds. The fraction of sp³-hybridized carbons (Fsp3) is 0.263. The lowest BCUT2D eigenvalue weighted by Crippen LogP contribution is -2.20. The average molecular weight is 388 g/mol. The minimum absolute atomic E-state index is 0.0728. The molecule has 1 aliphatic heterocycles. The Balaban J connectivity index is 1.78. The van der Waals surface area contributed by atoms with E-state index in [1.807, 2.05) is 0 Å². The second-order valence-corrected chi connectivity index (χ2v) is 8.24. The summed E-state index contributed by atoms with van der Waals surface area (Å²) in [6.07, 6.45) is -0.0524. The minimum atomic E-state index is -3.82. The molecule has 27 heavy (non-hydrogen) atoms. The Morgan fingerprint density at radius 3 is 2.44 bits per heavy atom. The Labute approximate surface area is 158 Å². The number of hydrogen-bond donors (Lipinski definition) is 1. The first kappa shape index (κ1) is 18.9. The molecule has 0 aromatic heterocycles. The first-order valence-corrected chi connectivity index (χ1v) is 9.89. The smallest absolute Gasteiger partial charge is 0.338 e. The molecule has 0 fully saturated rings. The number of fused-ring (bicyclic) bond motifs is 1. The van der Waals surface area contributed by atoms with E-state index in [9.17, 15) is 18.0 Å². The maximum absolute atomic E-state index is 12.6. The molecule has 0 radical (unpaired) electrons. The fourth-order valence-corrected chi connectivity index (χ4v) is 3.89. The lowest BCUT2D eigenvalue weighted by atomic mass is 10.2. The highest BCUT2D eigenvalue weighted by Gasteiger charge is 2.26. The van der Waals surface area contributed by atoms with Gasteiger partial charge in [0.05, 0.1) is 23.0 Å². The van der Waals surface area contributed by atoms with Crippen molar-refractivity contribution < 1.29 is 22.7 Å². The van der Waals surface area contributed by atoms with Gasteiger partial charge in [0.15, 0.2) is 0 Å². The third-order valence-electron chi connectivity index (χ3n) is 4.15. The Morgan fingerprint density at radius 2 is 1.81 bits per heavy atom. The van der Waals surface area contributed by atoms with E-state index in [1.165, 1.54) is 41.3 Å². The quantitative estimate of drug-likeness (QED) is 0.795. The molecule has 0 spiro atoms. The number of likely N-dealkylation sites (N-methyl/N-ethyl adjacent to an activating group) is 1. The zero-order valence-corrected chi connectivity index (χ0v) is 16.0. The largest absolute Gasteiger partial charge is 0.459 e. The summed E-state index contributed by atoms with van der Waals surface area (Å²) in [5.41, 5.74) is 2.06. The minimum Gasteiger partial charge on any atom is -0.459 e. The Hall–Kier alpha value is -2.87. The van der Waals surface area contributed by atoms with Crippen molar-refractivity contribution >= 4 is 33.3 Å². The summed E-state index contributed by atoms with van der Waals surface area (Å²) in [7, 11) is -2.16. The van der Waals surface area contributed by atoms with Gasteiger partial charge in [-0.2, -0.15) is 0 Å². The monoisotopic (exact) mass is 388 g/mol. The van der Waals surface area contributed by atoms with Crippen LogP contribution in [0.25, 0.3) is 0 Å². The van der Waals surface area contributed by atoms with Gasteiger partial charge in [-0.25, -0.2) is 13.2 Å². The molecule has 0 bridgehead atoms. The van der Waals surface area contributed by atoms with E-state index in [0.29, 0.717) is 22.5 Å². The molecule has 7 nitrogen and oxygen atoms in total. The van der Waals surface area contributed by atoms with Crippen molar-refractivity contribution in [2.24, 2.45) is 0 Å². The van der Waals surface area contributed by atoms with Crippen molar-refractivity contribution in [3.8, 4) is 0 Å². The van der Waals surface area contributed by atoms with Crippen LogP contribution in [0.15, 0.2) is 47.4 Å². The van der Waals surface area contributed by atoms with Gasteiger partial charge in [0.25, 0.3) is 10.0 Å². The second-order valence-electron chi connectivity index (χ2n) is 6.56. The molecule has 2 aromatic rings. The van der Waals surface area contributed by atoms with E-state index in [0.717, 1.165) is 0 Å². The number of nitrogens with one attached hydrogen (secondary N) is 1. The molecule has 0 unspecified atom stereocenters. The summed E-state index contributed by atoms with van der Waals surface area (Å²) in [4.78, 5) is 25.2. The summed E-state index contributed by atoms with van der Waals surface area (Å²) in [6, 6.07) is 10.6. The predicted molar refractivity (Wildman–Crippen MR) is 101 cm³/mol. The van der Waals surface area contributed by atoms with Crippen LogP contribution in [0, 0.1) is 0 Å². The number of anilines is 2. The molecule has 142 valence electrons. The Bertz CT molecular complexity index is 997. The van der Waals surface area contributed by atoms with Gasteiger partial charge in [-0.05, 0) is 61.9 Å². The van der Waals surface area contributed by atoms with E-state index in [2.05, 4.69) is 4.72 Å². The summed E-state index contributed by atoms with van der Waals surface area (Å²) in [5.74, 6) is -0.539. The average Bonchev–Trinajstić information content (AvgIpc) is 2.88. The molecular weight excluding hydrogens is 368 g/mol. The van der Waals surface area contributed by atoms with E-state index in [4.69, 9.17) is 4.74 Å². The van der Waals surface area contributed by atoms with Gasteiger partial charge in [0, 0.05) is 18.4 Å². The standard InChI is InChI=1S/C19H20N2O5S/c1-12(2)26-19(23)13-4-6-15(7-5-13)20-27(24,25)16-8-9-17-14(10-16)11-18(22)21(17)3/h4-10,12,20H,11H2,1-3H3. The Kier molecular flexibility index (Phi) is 4.93. The van der Waals surface area contributed by atoms with Crippen LogP contribution in [0.2, 0.25) is 0 Å². The SMILES string of the molecule is CC(C)OC(=O)c1ccc(NS(=O)(=O)c2ccc3c(c2)CC(=O)N3C)cc1. The van der Waals surface area contributed by atoms with Crippen LogP contribution in [0.4, 0.5) is 11.4 Å². The molecule has 0 atom stereocenters. The van der Waals surface area contributed by atoms with E-state index in [1.54, 1.807) is 27.0 Å². The van der Waals surface area contributed by atoms with Crippen molar-refractivity contribution in [3.05, 3.63) is 53.6 Å². The molecule has 3 rings (SSSR count). The zero-order chi connectivity index (χ0) is 19.8. The molecule has 0 saturated heterocycles. The number of esters is 1. The highest BCUT2D eigenvalue weighted by atomic mass is 32.2. The van der Waals surface area contributed by atoms with Crippen LogP contribution in [-0.2, 0) is 26.0 Å². The summed E-state index contributed by atoms with van der Waals surface area (Å²) in [5, 5.41) is 0. The van der Waals surface area contributed by atoms with Crippen LogP contribution in [0.5, 0.6) is 0 Å². The number of carbonyl (C=O) groups is 2. The number of nitrogens with zero attached hydrogens (tertiary/aromatic N) is 1. The van der Waals surface area contributed by atoms with Gasteiger partial charge in [0.1, 0.15) is 0 Å². The van der Waals surface area contributed by atoms with Gasteiger partial charge in [0.2, 0.25) is 5.91 Å². The van der Waals surface area contributed by atoms with Crippen LogP contribution in [0.3, 0.4) is 0 Å². The first-order valence-electron chi connectivity index (χ1n) is 8.41. The van der Waals surface area contributed by atoms with Gasteiger partial charge < -0.3 is 9.64 Å². The zero-order valence-electron chi connectivity index (χ0n) is 15.2. The fourth-order valence-electron chi connectivity index (χ4n) is 2.78. The number of ether oxygens (including phenoxy) is 1. The van der Waals surface area contributed by atoms with Crippen LogP contribution >= 0.6 is 0 Å². The van der Waals surface area contributed by atoms with Crippen LogP contribution in [-0.4, -0.2) is 33.4 Å². The third kappa shape index (κ3) is 3.95. The normalized spacial score (nSPS) is 13.6. The molecular formula is C19H20N2O5S. The van der Waals surface area contributed by atoms with Gasteiger partial charge in [-0.1, -0.05) is 0 Å². The third-order valence-corrected chi connectivity index (χ3v) is 5.53. The number of hydrogen-bond acceptors (Lipinski definition) is 5. The number of rotatable bonds is 5. The lowest BCUT2D eigenvalue weighted by Gasteiger charge is -2.12. The van der Waals surface area contributed by atoms with E-state index in [-0.39, 0.29) is 23.3 Å². The second kappa shape index (κ2) is 7.03. The Morgan fingerprint density at radius 1 is 1.15 bits per heavy atom. The summed E-state index contributed by atoms with van der Waals surface area (Å²) >= 11 is 0. The van der Waals surface area contributed by atoms with E-state index >= 15 is 0 Å². The van der Waals surface area contributed by atoms with Gasteiger partial charge >= 0.3 is 5.97 Å². The molecule has 2 aromatic carbocycles. The number of carbonyl (C=O) groups excluding carboxylic acids is 2. The highest BCUT2D eigenvalue weighted by Crippen LogP contribution is 2.30. The lowest BCUT2D eigenvalue weighted by molar-refractivity contribution is -0.117. The van der Waals surface area contributed by atoms with Crippen LogP contribution < -0.4 is 9.62 Å². The van der Waals surface area contributed by atoms with Crippen molar-refractivity contribution in [3.63, 3.8) is 0 Å². The van der Waals surface area contributed by atoms with E-state index < -0.39 is 16.0 Å². The molecule has 1 N–H and O–H groups in total. The van der Waals surface area contributed by atoms with Crippen molar-refractivity contribution in [2.75, 3.05) is 16.7 Å². The van der Waals surface area contributed by atoms with Crippen molar-refractivity contribution in [1.29, 1.82) is 0 Å². The first-order chi connectivity index (χ1) is 12.7. The number of sulfonamides is 1. The van der Waals surface area contributed by atoms with Gasteiger partial charge in [-0.3, -0.25) is 9.52 Å². The summed E-state index contributed by atoms with van der Waals surface area (Å²) < 4.78 is 32.8. The summed E-state index contributed by atoms with van der Waals surface area (Å²) in [6.45, 7) is 3.50. The molecule has 0 saturated carbocycles. The van der Waals surface area contributed by atoms with Gasteiger partial charge in [-0.15, -0.1) is 0 Å². The van der Waals surface area contributed by atoms with Crippen molar-refractivity contribution in [1.82, 2.24) is 0 Å². The number of amides is 1. The van der Waals surface area contributed by atoms with Crippen LogP contribution in [0.1, 0.15) is 29.8 Å². The molecule has 1 aliphatic rings. The topological polar surface area (TPSA) is 92.8 Å². The molecule has 1 heterocycles. The molecule has 8 heteroatoms. The number of benzene rings is 2. The maximum Gasteiger partial charge on any atom is 0.338 e.